The van der Waals surface area contributed by atoms with Crippen molar-refractivity contribution in [1.29, 1.82) is 0 Å². The van der Waals surface area contributed by atoms with Crippen molar-refractivity contribution >= 4 is 6.09 Å². The molecule has 5 nitrogen and oxygen atoms in total. The smallest absolute Gasteiger partial charge is 0.410 e. The fraction of sp³-hybridized carbons (Fsp3) is 0.250. The predicted octanol–water partition coefficient (Wildman–Crippen LogP) is 4.70. The first-order valence-electron chi connectivity index (χ1n) is 9.82. The van der Waals surface area contributed by atoms with Crippen LogP contribution in [-0.2, 0) is 11.8 Å². The number of carbonyl (C=O) groups excluding carboxylic acids is 1. The highest BCUT2D eigenvalue weighted by Gasteiger charge is 2.31. The Morgan fingerprint density at radius 1 is 0.966 bits per heavy atom. The molecule has 0 spiro atoms. The molecule has 4 rings (SSSR count). The molecule has 1 aliphatic rings. The SMILES string of the molecule is C[C@@H](c1ccc(-c2ccn(C)c(=O)c2)cc1)N1CC[C@H](c2ccccc2)OC1=O. The Bertz CT molecular complexity index is 1060. The summed E-state index contributed by atoms with van der Waals surface area (Å²) in [6.07, 6.45) is 2.07. The monoisotopic (exact) mass is 388 g/mol. The number of ether oxygens (including phenoxy) is 1. The zero-order valence-corrected chi connectivity index (χ0v) is 16.6. The molecule has 0 N–H and O–H groups in total. The number of cyclic esters (lactones) is 1. The molecule has 1 saturated heterocycles. The maximum Gasteiger partial charge on any atom is 0.410 e. The van der Waals surface area contributed by atoms with Crippen LogP contribution in [0.1, 0.15) is 36.6 Å². The number of benzene rings is 2. The van der Waals surface area contributed by atoms with E-state index >= 15 is 0 Å². The Morgan fingerprint density at radius 3 is 2.34 bits per heavy atom. The lowest BCUT2D eigenvalue weighted by molar-refractivity contribution is 0.0123. The number of aromatic nitrogens is 1. The third-order valence-corrected chi connectivity index (χ3v) is 5.58. The highest BCUT2D eigenvalue weighted by atomic mass is 16.6. The summed E-state index contributed by atoms with van der Waals surface area (Å²) in [6.45, 7) is 2.66. The van der Waals surface area contributed by atoms with E-state index in [0.29, 0.717) is 6.54 Å². The van der Waals surface area contributed by atoms with Gasteiger partial charge < -0.3 is 14.2 Å². The van der Waals surface area contributed by atoms with E-state index in [9.17, 15) is 9.59 Å². The second-order valence-electron chi connectivity index (χ2n) is 7.43. The summed E-state index contributed by atoms with van der Waals surface area (Å²) in [5.74, 6) is 0. The molecular formula is C24H24N2O3. The van der Waals surface area contributed by atoms with Crippen LogP contribution in [0, 0.1) is 0 Å². The van der Waals surface area contributed by atoms with Gasteiger partial charge in [0.15, 0.2) is 0 Å². The first-order valence-corrected chi connectivity index (χ1v) is 9.82. The van der Waals surface area contributed by atoms with Crippen molar-refractivity contribution in [3.05, 3.63) is 94.4 Å². The number of pyridine rings is 1. The fourth-order valence-corrected chi connectivity index (χ4v) is 3.71. The highest BCUT2D eigenvalue weighted by molar-refractivity contribution is 5.70. The van der Waals surface area contributed by atoms with Crippen molar-refractivity contribution in [1.82, 2.24) is 9.47 Å². The van der Waals surface area contributed by atoms with Crippen LogP contribution in [0.3, 0.4) is 0 Å². The van der Waals surface area contributed by atoms with Crippen LogP contribution in [0.4, 0.5) is 4.79 Å². The highest BCUT2D eigenvalue weighted by Crippen LogP contribution is 2.32. The second kappa shape index (κ2) is 7.95. The molecule has 5 heteroatoms. The first-order chi connectivity index (χ1) is 14.0. The van der Waals surface area contributed by atoms with Gasteiger partial charge >= 0.3 is 6.09 Å². The zero-order chi connectivity index (χ0) is 20.4. The van der Waals surface area contributed by atoms with Gasteiger partial charge in [0, 0.05) is 32.3 Å². The molecule has 0 saturated carbocycles. The maximum absolute atomic E-state index is 12.6. The van der Waals surface area contributed by atoms with Crippen LogP contribution in [0.5, 0.6) is 0 Å². The van der Waals surface area contributed by atoms with E-state index in [1.807, 2.05) is 67.6 Å². The van der Waals surface area contributed by atoms with Crippen LogP contribution in [0.25, 0.3) is 11.1 Å². The van der Waals surface area contributed by atoms with Gasteiger partial charge in [-0.3, -0.25) is 4.79 Å². The van der Waals surface area contributed by atoms with Gasteiger partial charge in [0.2, 0.25) is 0 Å². The topological polar surface area (TPSA) is 51.5 Å². The van der Waals surface area contributed by atoms with Gasteiger partial charge in [-0.15, -0.1) is 0 Å². The standard InChI is InChI=1S/C24H24N2O3/c1-17(26-15-13-22(29-24(26)28)20-6-4-3-5-7-20)18-8-10-19(11-9-18)21-12-14-25(2)23(27)16-21/h3-12,14,16-17,22H,13,15H2,1-2H3/t17-,22+/m0/s1. The van der Waals surface area contributed by atoms with Crippen molar-refractivity contribution in [2.45, 2.75) is 25.5 Å². The lowest BCUT2D eigenvalue weighted by Gasteiger charge is -2.36. The Balaban J connectivity index is 1.47. The van der Waals surface area contributed by atoms with Gasteiger partial charge in [-0.25, -0.2) is 4.79 Å². The molecule has 0 bridgehead atoms. The van der Waals surface area contributed by atoms with E-state index in [1.165, 1.54) is 0 Å². The van der Waals surface area contributed by atoms with E-state index < -0.39 is 0 Å². The quantitative estimate of drug-likeness (QED) is 0.651. The molecule has 0 unspecified atom stereocenters. The van der Waals surface area contributed by atoms with Gasteiger partial charge in [-0.1, -0.05) is 54.6 Å². The number of carbonyl (C=O) groups is 1. The van der Waals surface area contributed by atoms with Gasteiger partial charge in [0.1, 0.15) is 6.10 Å². The number of amides is 1. The molecule has 1 amide bonds. The molecule has 1 fully saturated rings. The van der Waals surface area contributed by atoms with E-state index in [4.69, 9.17) is 4.74 Å². The Hall–Kier alpha value is -3.34. The maximum atomic E-state index is 12.6. The van der Waals surface area contributed by atoms with Crippen LogP contribution in [-0.4, -0.2) is 22.1 Å². The van der Waals surface area contributed by atoms with E-state index in [-0.39, 0.29) is 23.8 Å². The minimum Gasteiger partial charge on any atom is -0.441 e. The first kappa shape index (κ1) is 19.0. The van der Waals surface area contributed by atoms with Crippen LogP contribution >= 0.6 is 0 Å². The molecule has 2 aromatic carbocycles. The molecule has 2 atom stereocenters. The minimum absolute atomic E-state index is 0.0380. The summed E-state index contributed by atoms with van der Waals surface area (Å²) in [4.78, 5) is 26.3. The normalized spacial score (nSPS) is 17.7. The number of rotatable bonds is 4. The molecule has 0 aliphatic carbocycles. The number of nitrogens with zero attached hydrogens (tertiary/aromatic N) is 2. The summed E-state index contributed by atoms with van der Waals surface area (Å²) >= 11 is 0. The average molecular weight is 388 g/mol. The van der Waals surface area contributed by atoms with Crippen molar-refractivity contribution < 1.29 is 9.53 Å². The van der Waals surface area contributed by atoms with Crippen molar-refractivity contribution in [3.8, 4) is 11.1 Å². The Morgan fingerprint density at radius 2 is 1.69 bits per heavy atom. The lowest BCUT2D eigenvalue weighted by atomic mass is 10.00. The summed E-state index contributed by atoms with van der Waals surface area (Å²) < 4.78 is 7.24. The Kier molecular flexibility index (Phi) is 5.21. The van der Waals surface area contributed by atoms with Gasteiger partial charge in [0.25, 0.3) is 5.56 Å². The average Bonchev–Trinajstić information content (AvgIpc) is 2.76. The molecule has 29 heavy (non-hydrogen) atoms. The Labute approximate surface area is 170 Å². The second-order valence-corrected chi connectivity index (χ2v) is 7.43. The molecule has 0 radical (unpaired) electrons. The molecule has 2 heterocycles. The largest absolute Gasteiger partial charge is 0.441 e. The zero-order valence-electron chi connectivity index (χ0n) is 16.6. The van der Waals surface area contributed by atoms with E-state index in [2.05, 4.69) is 0 Å². The van der Waals surface area contributed by atoms with Crippen LogP contribution in [0.15, 0.2) is 77.7 Å². The van der Waals surface area contributed by atoms with Crippen LogP contribution < -0.4 is 5.56 Å². The minimum atomic E-state index is -0.284. The molecule has 1 aliphatic heterocycles. The van der Waals surface area contributed by atoms with Crippen molar-refractivity contribution in [2.75, 3.05) is 6.54 Å². The fourth-order valence-electron chi connectivity index (χ4n) is 3.71. The van der Waals surface area contributed by atoms with E-state index in [0.717, 1.165) is 28.7 Å². The van der Waals surface area contributed by atoms with E-state index in [1.54, 1.807) is 28.8 Å². The van der Waals surface area contributed by atoms with Crippen molar-refractivity contribution in [3.63, 3.8) is 0 Å². The van der Waals surface area contributed by atoms with Gasteiger partial charge in [0.05, 0.1) is 6.04 Å². The summed E-state index contributed by atoms with van der Waals surface area (Å²) in [6, 6.07) is 21.3. The van der Waals surface area contributed by atoms with Crippen molar-refractivity contribution in [2.24, 2.45) is 7.05 Å². The number of hydrogen-bond acceptors (Lipinski definition) is 3. The van der Waals surface area contributed by atoms with Crippen LogP contribution in [0.2, 0.25) is 0 Å². The third-order valence-electron chi connectivity index (χ3n) is 5.58. The number of aryl methyl sites for hydroxylation is 1. The lowest BCUT2D eigenvalue weighted by Crippen LogP contribution is -2.40. The summed E-state index contributed by atoms with van der Waals surface area (Å²) in [7, 11) is 1.73. The molecular weight excluding hydrogens is 364 g/mol. The summed E-state index contributed by atoms with van der Waals surface area (Å²) in [5.41, 5.74) is 3.89. The van der Waals surface area contributed by atoms with Gasteiger partial charge in [-0.05, 0) is 35.2 Å². The third kappa shape index (κ3) is 3.94. The predicted molar refractivity (Wildman–Crippen MR) is 113 cm³/mol. The number of hydrogen-bond donors (Lipinski definition) is 0. The molecule has 148 valence electrons. The molecule has 1 aromatic heterocycles. The van der Waals surface area contributed by atoms with Gasteiger partial charge in [-0.2, -0.15) is 0 Å². The summed E-state index contributed by atoms with van der Waals surface area (Å²) in [5, 5.41) is 0. The molecule has 3 aromatic rings.